The number of carbonyl (C=O) groups excluding carboxylic acids is 1. The maximum Gasteiger partial charge on any atom is 0.252 e. The molecule has 0 aromatic rings. The van der Waals surface area contributed by atoms with E-state index < -0.39 is 5.91 Å². The van der Waals surface area contributed by atoms with Gasteiger partial charge in [-0.15, -0.1) is 0 Å². The van der Waals surface area contributed by atoms with Crippen LogP contribution < -0.4 is 10.9 Å². The highest BCUT2D eigenvalue weighted by atomic mass is 16.2. The number of amides is 1. The van der Waals surface area contributed by atoms with Crippen molar-refractivity contribution in [2.45, 2.75) is 13.3 Å². The summed E-state index contributed by atoms with van der Waals surface area (Å²) >= 11 is 0. The summed E-state index contributed by atoms with van der Waals surface area (Å²) in [5, 5.41) is 16.3. The van der Waals surface area contributed by atoms with Gasteiger partial charge >= 0.3 is 0 Å². The van der Waals surface area contributed by atoms with Crippen LogP contribution in [0.25, 0.3) is 0 Å². The molecule has 0 aromatic carbocycles. The minimum Gasteiger partial charge on any atom is -0.302 e. The summed E-state index contributed by atoms with van der Waals surface area (Å²) in [6.45, 7) is 1.62. The van der Waals surface area contributed by atoms with E-state index in [-0.39, 0.29) is 6.42 Å². The van der Waals surface area contributed by atoms with Crippen LogP contribution in [0.1, 0.15) is 13.3 Å². The Morgan fingerprint density at radius 3 is 2.67 bits per heavy atom. The van der Waals surface area contributed by atoms with Crippen LogP contribution in [0.3, 0.4) is 0 Å². The first kappa shape index (κ1) is 9.99. The average molecular weight is 164 g/mol. The number of nitrogens with zero attached hydrogens (tertiary/aromatic N) is 2. The molecule has 1 amide bonds. The Kier molecular flexibility index (Phi) is 4.79. The van der Waals surface area contributed by atoms with Crippen LogP contribution in [0.4, 0.5) is 0 Å². The van der Waals surface area contributed by atoms with Crippen molar-refractivity contribution in [3.05, 3.63) is 11.8 Å². The second kappa shape index (κ2) is 5.75. The zero-order chi connectivity index (χ0) is 9.40. The van der Waals surface area contributed by atoms with Gasteiger partial charge in [-0.05, 0) is 6.92 Å². The maximum absolute atomic E-state index is 10.6. The topological polar surface area (TPSA) is 88.7 Å². The summed E-state index contributed by atoms with van der Waals surface area (Å²) in [5.74, 6) is -0.428. The molecular weight excluding hydrogens is 156 g/mol. The molecule has 0 bridgehead atoms. The Bertz CT molecular complexity index is 268. The quantitative estimate of drug-likeness (QED) is 0.452. The van der Waals surface area contributed by atoms with E-state index in [4.69, 9.17) is 10.5 Å². The van der Waals surface area contributed by atoms with Gasteiger partial charge in [0.2, 0.25) is 0 Å². The number of nitriles is 2. The highest BCUT2D eigenvalue weighted by Gasteiger charge is 1.96. The Morgan fingerprint density at radius 2 is 2.17 bits per heavy atom. The number of carbonyl (C=O) groups is 1. The van der Waals surface area contributed by atoms with E-state index in [1.807, 2.05) is 0 Å². The largest absolute Gasteiger partial charge is 0.302 e. The van der Waals surface area contributed by atoms with E-state index in [0.717, 1.165) is 0 Å². The number of nitrogens with one attached hydrogen (secondary N) is 2. The van der Waals surface area contributed by atoms with Crippen molar-refractivity contribution in [3.63, 3.8) is 0 Å². The normalized spacial score (nSPS) is 9.42. The number of hydrogen-bond donors (Lipinski definition) is 2. The van der Waals surface area contributed by atoms with Crippen molar-refractivity contribution in [3.8, 4) is 12.1 Å². The molecule has 0 aliphatic heterocycles. The molecule has 0 fully saturated rings. The predicted octanol–water partition coefficient (Wildman–Crippen LogP) is -0.0517. The third-order valence-corrected chi connectivity index (χ3v) is 0.920. The van der Waals surface area contributed by atoms with Gasteiger partial charge in [0, 0.05) is 11.8 Å². The molecule has 12 heavy (non-hydrogen) atoms. The number of hydrazine groups is 1. The molecule has 62 valence electrons. The molecular formula is C7H8N4O. The number of allylic oxidation sites excluding steroid dienone is 2. The summed E-state index contributed by atoms with van der Waals surface area (Å²) in [4.78, 5) is 10.6. The molecule has 2 N–H and O–H groups in total. The molecule has 0 aliphatic carbocycles. The van der Waals surface area contributed by atoms with E-state index >= 15 is 0 Å². The highest BCUT2D eigenvalue weighted by Crippen LogP contribution is 1.81. The summed E-state index contributed by atoms with van der Waals surface area (Å²) in [6, 6.07) is 3.47. The van der Waals surface area contributed by atoms with E-state index in [1.165, 1.54) is 6.08 Å². The lowest BCUT2D eigenvalue weighted by atomic mass is 10.4. The van der Waals surface area contributed by atoms with Gasteiger partial charge in [0.25, 0.3) is 5.91 Å². The van der Waals surface area contributed by atoms with Crippen molar-refractivity contribution in [2.75, 3.05) is 0 Å². The van der Waals surface area contributed by atoms with Crippen molar-refractivity contribution < 1.29 is 4.79 Å². The first-order chi connectivity index (χ1) is 5.70. The van der Waals surface area contributed by atoms with Crippen LogP contribution in [0.2, 0.25) is 0 Å². The highest BCUT2D eigenvalue weighted by molar-refractivity contribution is 5.77. The molecule has 0 aromatic heterocycles. The Morgan fingerprint density at radius 1 is 1.50 bits per heavy atom. The van der Waals surface area contributed by atoms with Gasteiger partial charge in [-0.25, -0.2) is 0 Å². The molecule has 0 saturated carbocycles. The third kappa shape index (κ3) is 4.83. The lowest BCUT2D eigenvalue weighted by Crippen LogP contribution is -2.35. The summed E-state index contributed by atoms with van der Waals surface area (Å²) < 4.78 is 0. The fraction of sp³-hybridized carbons (Fsp3) is 0.286. The second-order valence-corrected chi connectivity index (χ2v) is 1.96. The van der Waals surface area contributed by atoms with Gasteiger partial charge in [-0.3, -0.25) is 10.2 Å². The Hall–Kier alpha value is -2.01. The second-order valence-electron chi connectivity index (χ2n) is 1.96. The van der Waals surface area contributed by atoms with E-state index in [2.05, 4.69) is 10.9 Å². The molecule has 0 radical (unpaired) electrons. The number of hydrogen-bond acceptors (Lipinski definition) is 4. The van der Waals surface area contributed by atoms with Crippen LogP contribution in [-0.4, -0.2) is 5.91 Å². The monoisotopic (exact) mass is 164 g/mol. The Balaban J connectivity index is 3.72. The Labute approximate surface area is 70.3 Å². The zero-order valence-corrected chi connectivity index (χ0v) is 6.59. The fourth-order valence-electron chi connectivity index (χ4n) is 0.417. The fourth-order valence-corrected chi connectivity index (χ4v) is 0.417. The number of rotatable bonds is 3. The lowest BCUT2D eigenvalue weighted by molar-refractivity contribution is -0.120. The first-order valence-corrected chi connectivity index (χ1v) is 3.19. The molecule has 0 rings (SSSR count). The van der Waals surface area contributed by atoms with Crippen LogP contribution in [0.5, 0.6) is 0 Å². The van der Waals surface area contributed by atoms with Crippen molar-refractivity contribution in [1.82, 2.24) is 10.9 Å². The minimum atomic E-state index is -0.428. The van der Waals surface area contributed by atoms with E-state index in [1.54, 1.807) is 19.1 Å². The van der Waals surface area contributed by atoms with Gasteiger partial charge in [0.15, 0.2) is 0 Å². The third-order valence-electron chi connectivity index (χ3n) is 0.920. The lowest BCUT2D eigenvalue weighted by Gasteiger charge is -2.04. The molecule has 5 nitrogen and oxygen atoms in total. The van der Waals surface area contributed by atoms with Crippen LogP contribution in [0.15, 0.2) is 11.8 Å². The van der Waals surface area contributed by atoms with Gasteiger partial charge in [-0.1, -0.05) is 0 Å². The molecule has 0 aliphatic rings. The summed E-state index contributed by atoms with van der Waals surface area (Å²) in [5.41, 5.74) is 5.21. The minimum absolute atomic E-state index is 0.202. The van der Waals surface area contributed by atoms with Crippen molar-refractivity contribution in [1.29, 1.82) is 10.5 Å². The first-order valence-electron chi connectivity index (χ1n) is 3.19. The molecule has 0 spiro atoms. The van der Waals surface area contributed by atoms with E-state index in [9.17, 15) is 4.79 Å². The van der Waals surface area contributed by atoms with Gasteiger partial charge < -0.3 is 5.43 Å². The molecule has 0 heterocycles. The standard InChI is InChI=1S/C7H8N4O/c1-6(2-4-8)10-11-7(12)3-5-9/h2,10H,3H2,1H3,(H,11,12)/b6-2+. The van der Waals surface area contributed by atoms with Crippen LogP contribution in [0, 0.1) is 22.7 Å². The van der Waals surface area contributed by atoms with Gasteiger partial charge in [0.1, 0.15) is 6.42 Å². The SMILES string of the molecule is C/C(=C\C#N)NNC(=O)CC#N. The van der Waals surface area contributed by atoms with E-state index in [0.29, 0.717) is 5.70 Å². The van der Waals surface area contributed by atoms with Crippen molar-refractivity contribution >= 4 is 5.91 Å². The molecule has 5 heteroatoms. The zero-order valence-electron chi connectivity index (χ0n) is 6.59. The summed E-state index contributed by atoms with van der Waals surface area (Å²) in [7, 11) is 0. The summed E-state index contributed by atoms with van der Waals surface area (Å²) in [6.07, 6.45) is 1.04. The molecule has 0 saturated heterocycles. The van der Waals surface area contributed by atoms with Crippen LogP contribution >= 0.6 is 0 Å². The van der Waals surface area contributed by atoms with Gasteiger partial charge in [0.05, 0.1) is 12.1 Å². The molecule has 0 unspecified atom stereocenters. The average Bonchev–Trinajstić information content (AvgIpc) is 2.02. The maximum atomic E-state index is 10.6. The van der Waals surface area contributed by atoms with Crippen LogP contribution in [-0.2, 0) is 4.79 Å². The van der Waals surface area contributed by atoms with Gasteiger partial charge in [-0.2, -0.15) is 10.5 Å². The van der Waals surface area contributed by atoms with Crippen molar-refractivity contribution in [2.24, 2.45) is 0 Å². The molecule has 0 atom stereocenters. The smallest absolute Gasteiger partial charge is 0.252 e. The predicted molar refractivity (Wildman–Crippen MR) is 40.9 cm³/mol.